The first-order valence-corrected chi connectivity index (χ1v) is 21.8. The number of nitrogens with one attached hydrogen (secondary N) is 1. The molecule has 7 rings (SSSR count). The molecule has 3 fully saturated rings. The number of guanidine groups is 1. The van der Waals surface area contributed by atoms with Crippen LogP contribution in [-0.4, -0.2) is 70.3 Å². The zero-order valence-electron chi connectivity index (χ0n) is 34.4. The van der Waals surface area contributed by atoms with Gasteiger partial charge in [-0.25, -0.2) is 0 Å². The Labute approximate surface area is 348 Å². The molecule has 59 heavy (non-hydrogen) atoms. The van der Waals surface area contributed by atoms with Crippen LogP contribution in [0.1, 0.15) is 124 Å². The highest BCUT2D eigenvalue weighted by molar-refractivity contribution is 5.88. The maximum Gasteiger partial charge on any atom is 0.185 e. The molecule has 1 saturated heterocycles. The topological polar surface area (TPSA) is 201 Å². The van der Waals surface area contributed by atoms with Gasteiger partial charge in [-0.05, 0) is 145 Å². The number of phenolic OH excluding ortho intramolecular Hbond substituents is 2. The van der Waals surface area contributed by atoms with E-state index in [1.165, 1.54) is 39.2 Å². The Bertz CT molecular complexity index is 2100. The Morgan fingerprint density at radius 1 is 1.00 bits per heavy atom. The van der Waals surface area contributed by atoms with Crippen LogP contribution < -0.4 is 21.5 Å². The summed E-state index contributed by atoms with van der Waals surface area (Å²) in [6, 6.07) is 12.7. The Morgan fingerprint density at radius 3 is 2.59 bits per heavy atom. The zero-order valence-corrected chi connectivity index (χ0v) is 34.4. The van der Waals surface area contributed by atoms with Gasteiger partial charge in [0.05, 0.1) is 19.3 Å². The fourth-order valence-electron chi connectivity index (χ4n) is 10.9. The lowest BCUT2D eigenvalue weighted by atomic mass is 9.58. The molecule has 0 bridgehead atoms. The summed E-state index contributed by atoms with van der Waals surface area (Å²) < 4.78 is 5.43. The smallest absolute Gasteiger partial charge is 0.185 e. The Morgan fingerprint density at radius 2 is 1.81 bits per heavy atom. The number of aryl methyl sites for hydroxylation is 1. The third kappa shape index (κ3) is 9.88. The van der Waals surface area contributed by atoms with E-state index in [9.17, 15) is 30.0 Å². The molecular weight excluding hydrogens is 745 g/mol. The number of carbonyl (C=O) groups excluding carboxylic acids is 2. The van der Waals surface area contributed by atoms with Crippen molar-refractivity contribution in [3.63, 3.8) is 0 Å². The van der Waals surface area contributed by atoms with Gasteiger partial charge in [0.15, 0.2) is 23.2 Å². The monoisotopic (exact) mass is 806 g/mol. The van der Waals surface area contributed by atoms with Crippen molar-refractivity contribution in [1.82, 2.24) is 5.32 Å². The van der Waals surface area contributed by atoms with Crippen LogP contribution in [-0.2, 0) is 22.4 Å². The van der Waals surface area contributed by atoms with Crippen molar-refractivity contribution in [3.05, 3.63) is 64.7 Å². The van der Waals surface area contributed by atoms with Gasteiger partial charge >= 0.3 is 0 Å². The number of hydrogen-bond donors (Lipinski definition) is 7. The van der Waals surface area contributed by atoms with Crippen molar-refractivity contribution < 1.29 is 34.8 Å². The van der Waals surface area contributed by atoms with Gasteiger partial charge in [-0.15, -0.1) is 0 Å². The quantitative estimate of drug-likeness (QED) is 0.0423. The summed E-state index contributed by atoms with van der Waals surface area (Å²) in [5.41, 5.74) is 14.5. The molecule has 3 aliphatic carbocycles. The molecule has 3 aromatic rings. The predicted octanol–water partition coefficient (Wildman–Crippen LogP) is 6.25. The van der Waals surface area contributed by atoms with Gasteiger partial charge in [-0.2, -0.15) is 0 Å². The third-order valence-electron chi connectivity index (χ3n) is 13.9. The zero-order chi connectivity index (χ0) is 41.7. The standard InChI is InChI=1S/C48H62N4O7/c1-59-46-23-32-11-15-44(57)37(43(56)7-3-2-6-29-20-40-41(52-28-29)25-36(54)27-48(40)17-4-5-18-48)13-9-30(39(32)26-45(46)58)10-14-42(55)34-21-31-8-12-35(53)24-38(31)33(22-34)16-19-51-47(49)50/h8,12,21-24,26,29-30,37,40-43,52-53,55-56,58H,2-7,10-11,14-20,25,27-28H2,1H3,(H4,49,50,51)/t29-,30+,37-,40+,41-,42+,43-/m1/s1. The minimum Gasteiger partial charge on any atom is -0.508 e. The summed E-state index contributed by atoms with van der Waals surface area (Å²) in [5, 5.41) is 49.7. The number of unbranched alkanes of at least 4 members (excludes halogenated alkanes) is 1. The molecule has 1 spiro atoms. The molecule has 0 amide bonds. The second-order valence-corrected chi connectivity index (χ2v) is 17.8. The van der Waals surface area contributed by atoms with E-state index in [0.29, 0.717) is 80.0 Å². The van der Waals surface area contributed by atoms with E-state index in [1.54, 1.807) is 24.3 Å². The lowest BCUT2D eigenvalue weighted by Gasteiger charge is -2.50. The molecule has 2 saturated carbocycles. The number of benzene rings is 3. The molecule has 7 atom stereocenters. The highest BCUT2D eigenvalue weighted by atomic mass is 16.5. The van der Waals surface area contributed by atoms with Crippen molar-refractivity contribution in [2.45, 2.75) is 127 Å². The molecule has 11 nitrogen and oxygen atoms in total. The summed E-state index contributed by atoms with van der Waals surface area (Å²) in [5.74, 6) is 7.13. The van der Waals surface area contributed by atoms with E-state index in [0.717, 1.165) is 59.7 Å². The van der Waals surface area contributed by atoms with Crippen LogP contribution in [0.2, 0.25) is 0 Å². The number of aliphatic hydroxyl groups excluding tert-OH is 2. The van der Waals surface area contributed by atoms with Crippen molar-refractivity contribution in [3.8, 4) is 29.1 Å². The number of nitrogens with two attached hydrogens (primary N) is 2. The summed E-state index contributed by atoms with van der Waals surface area (Å²) in [6.07, 6.45) is 10.8. The molecule has 0 radical (unpaired) electrons. The van der Waals surface area contributed by atoms with Crippen LogP contribution >= 0.6 is 0 Å². The Hall–Kier alpha value is -4.63. The van der Waals surface area contributed by atoms with Crippen molar-refractivity contribution in [2.24, 2.45) is 39.6 Å². The van der Waals surface area contributed by atoms with E-state index in [1.807, 2.05) is 18.2 Å². The van der Waals surface area contributed by atoms with Gasteiger partial charge in [0, 0.05) is 37.8 Å². The highest BCUT2D eigenvalue weighted by Gasteiger charge is 2.51. The predicted molar refractivity (Wildman–Crippen MR) is 229 cm³/mol. The molecule has 3 aromatic carbocycles. The van der Waals surface area contributed by atoms with E-state index >= 15 is 0 Å². The van der Waals surface area contributed by atoms with Crippen LogP contribution in [0.25, 0.3) is 10.8 Å². The average Bonchev–Trinajstić information content (AvgIpc) is 3.69. The number of rotatable bonds is 14. The van der Waals surface area contributed by atoms with Crippen LogP contribution in [0.15, 0.2) is 47.5 Å². The van der Waals surface area contributed by atoms with E-state index in [4.69, 9.17) is 16.2 Å². The van der Waals surface area contributed by atoms with Crippen molar-refractivity contribution in [2.75, 3.05) is 20.2 Å². The Kier molecular flexibility index (Phi) is 13.5. The number of ketones is 2. The highest BCUT2D eigenvalue weighted by Crippen LogP contribution is 2.54. The van der Waals surface area contributed by atoms with Crippen molar-refractivity contribution in [1.29, 1.82) is 0 Å². The van der Waals surface area contributed by atoms with E-state index in [2.05, 4.69) is 22.2 Å². The van der Waals surface area contributed by atoms with Crippen LogP contribution in [0, 0.1) is 35.0 Å². The number of piperidine rings is 1. The maximum absolute atomic E-state index is 13.7. The number of ether oxygens (including phenoxy) is 1. The summed E-state index contributed by atoms with van der Waals surface area (Å²) in [7, 11) is 1.49. The van der Waals surface area contributed by atoms with Crippen LogP contribution in [0.4, 0.5) is 0 Å². The molecule has 316 valence electrons. The number of aromatic hydroxyl groups is 2. The van der Waals surface area contributed by atoms with Gasteiger partial charge in [-0.1, -0.05) is 49.7 Å². The van der Waals surface area contributed by atoms with E-state index in [-0.39, 0.29) is 35.1 Å². The summed E-state index contributed by atoms with van der Waals surface area (Å²) >= 11 is 0. The van der Waals surface area contributed by atoms with Crippen molar-refractivity contribution >= 4 is 28.3 Å². The summed E-state index contributed by atoms with van der Waals surface area (Å²) in [4.78, 5) is 30.5. The first-order valence-electron chi connectivity index (χ1n) is 21.8. The number of methoxy groups -OCH3 is 1. The fraction of sp³-hybridized carbons (Fsp3) is 0.562. The largest absolute Gasteiger partial charge is 0.508 e. The van der Waals surface area contributed by atoms with Gasteiger partial charge in [-0.3, -0.25) is 14.6 Å². The SMILES string of the molecule is COc1cc2c(cc1O)[C@H](CC[C@H](O)c1cc(CCN=C(N)N)c3cc(O)ccc3c1)C#C[C@H]([C@H](O)CCCC[C@H]1CN[C@@H]3CC(=O)CC4(CCCC4)[C@H]3C1)C(=O)CC2. The number of nitrogens with zero attached hydrogens (tertiary/aromatic N) is 1. The first kappa shape index (κ1) is 42.5. The normalized spacial score (nSPS) is 24.8. The molecule has 4 aliphatic rings. The lowest BCUT2D eigenvalue weighted by molar-refractivity contribution is -0.129. The fourth-order valence-corrected chi connectivity index (χ4v) is 10.9. The minimum absolute atomic E-state index is 0.00727. The third-order valence-corrected chi connectivity index (χ3v) is 13.9. The number of aliphatic imine (C=N–C) groups is 1. The first-order chi connectivity index (χ1) is 28.4. The second kappa shape index (κ2) is 18.7. The van der Waals surface area contributed by atoms with Gasteiger partial charge in [0.1, 0.15) is 17.5 Å². The minimum atomic E-state index is -0.903. The number of hydrogen-bond acceptors (Lipinski definition) is 9. The molecular formula is C48H62N4O7. The number of fused-ring (bicyclic) bond motifs is 4. The molecule has 11 heteroatoms. The number of aliphatic hydroxyl groups is 2. The number of phenols is 2. The molecule has 0 unspecified atom stereocenters. The average molecular weight is 807 g/mol. The maximum atomic E-state index is 13.7. The number of carbonyl (C=O) groups is 2. The molecule has 1 aliphatic heterocycles. The molecule has 1 heterocycles. The van der Waals surface area contributed by atoms with Gasteiger partial charge < -0.3 is 41.9 Å². The summed E-state index contributed by atoms with van der Waals surface area (Å²) in [6.45, 7) is 1.28. The lowest BCUT2D eigenvalue weighted by Crippen LogP contribution is -2.55. The van der Waals surface area contributed by atoms with Crippen LogP contribution in [0.3, 0.4) is 0 Å². The van der Waals surface area contributed by atoms with Gasteiger partial charge in [0.2, 0.25) is 0 Å². The second-order valence-electron chi connectivity index (χ2n) is 17.8. The molecule has 9 N–H and O–H groups in total. The van der Waals surface area contributed by atoms with Crippen LogP contribution in [0.5, 0.6) is 17.2 Å². The number of Topliss-reactive ketones (excluding diaryl/α,β-unsaturated/α-hetero) is 2. The van der Waals surface area contributed by atoms with Gasteiger partial charge in [0.25, 0.3) is 0 Å². The Balaban J connectivity index is 1.03. The van der Waals surface area contributed by atoms with E-state index < -0.39 is 24.0 Å². The molecule has 0 aromatic heterocycles.